The lowest BCUT2D eigenvalue weighted by Gasteiger charge is -2.24. The maximum Gasteiger partial charge on any atom is 0.0887 e. The SMILES string of the molecule is CCNC(CCC1CCCCC1)c1cc(Cl)c(Br)s1. The van der Waals surface area contributed by atoms with Gasteiger partial charge in [-0.25, -0.2) is 0 Å². The van der Waals surface area contributed by atoms with Crippen molar-refractivity contribution in [2.45, 2.75) is 57.9 Å². The zero-order chi connectivity index (χ0) is 13.7. The molecule has 1 N–H and O–H groups in total. The van der Waals surface area contributed by atoms with Gasteiger partial charge < -0.3 is 5.32 Å². The maximum absolute atomic E-state index is 6.16. The molecule has 0 aliphatic heterocycles. The van der Waals surface area contributed by atoms with Crippen LogP contribution in [0.2, 0.25) is 5.02 Å². The fourth-order valence-electron chi connectivity index (χ4n) is 3.00. The Hall–Kier alpha value is 0.430. The minimum atomic E-state index is 0.473. The number of hydrogen-bond donors (Lipinski definition) is 1. The highest BCUT2D eigenvalue weighted by Crippen LogP contribution is 2.38. The van der Waals surface area contributed by atoms with E-state index in [4.69, 9.17) is 11.6 Å². The third-order valence-corrected chi connectivity index (χ3v) is 6.63. The van der Waals surface area contributed by atoms with Crippen LogP contribution in [0.1, 0.15) is 62.8 Å². The molecule has 19 heavy (non-hydrogen) atoms. The molecule has 1 unspecified atom stereocenters. The van der Waals surface area contributed by atoms with Crippen LogP contribution in [0.3, 0.4) is 0 Å². The van der Waals surface area contributed by atoms with Crippen LogP contribution in [0.4, 0.5) is 0 Å². The largest absolute Gasteiger partial charge is 0.310 e. The normalized spacial score (nSPS) is 18.7. The second-order valence-electron chi connectivity index (χ2n) is 5.46. The first-order valence-electron chi connectivity index (χ1n) is 7.38. The molecule has 1 aliphatic carbocycles. The first kappa shape index (κ1) is 15.8. The molecule has 1 aromatic heterocycles. The Labute approximate surface area is 134 Å². The van der Waals surface area contributed by atoms with Gasteiger partial charge in [-0.3, -0.25) is 0 Å². The van der Waals surface area contributed by atoms with Crippen LogP contribution in [0.15, 0.2) is 9.85 Å². The molecule has 1 saturated carbocycles. The lowest BCUT2D eigenvalue weighted by Crippen LogP contribution is -2.21. The van der Waals surface area contributed by atoms with Crippen molar-refractivity contribution >= 4 is 38.9 Å². The monoisotopic (exact) mass is 363 g/mol. The molecule has 1 heterocycles. The van der Waals surface area contributed by atoms with E-state index >= 15 is 0 Å². The third kappa shape index (κ3) is 4.73. The van der Waals surface area contributed by atoms with Crippen molar-refractivity contribution in [3.05, 3.63) is 19.8 Å². The second kappa shape index (κ2) is 8.02. The number of halogens is 2. The van der Waals surface area contributed by atoms with E-state index in [1.165, 1.54) is 49.8 Å². The van der Waals surface area contributed by atoms with Crippen LogP contribution in [0, 0.1) is 5.92 Å². The molecule has 2 rings (SSSR count). The van der Waals surface area contributed by atoms with Gasteiger partial charge in [0.1, 0.15) is 0 Å². The minimum Gasteiger partial charge on any atom is -0.310 e. The summed E-state index contributed by atoms with van der Waals surface area (Å²) in [6.45, 7) is 3.19. The average Bonchev–Trinajstić information content (AvgIpc) is 2.76. The Balaban J connectivity index is 1.91. The Morgan fingerprint density at radius 3 is 2.74 bits per heavy atom. The summed E-state index contributed by atoms with van der Waals surface area (Å²) in [6.07, 6.45) is 9.79. The van der Waals surface area contributed by atoms with E-state index in [9.17, 15) is 0 Å². The van der Waals surface area contributed by atoms with Gasteiger partial charge in [0.25, 0.3) is 0 Å². The molecule has 0 radical (unpaired) electrons. The van der Waals surface area contributed by atoms with Crippen LogP contribution < -0.4 is 5.32 Å². The first-order valence-corrected chi connectivity index (χ1v) is 9.37. The van der Waals surface area contributed by atoms with Crippen molar-refractivity contribution in [3.63, 3.8) is 0 Å². The van der Waals surface area contributed by atoms with Gasteiger partial charge in [-0.05, 0) is 47.3 Å². The van der Waals surface area contributed by atoms with Crippen molar-refractivity contribution in [1.29, 1.82) is 0 Å². The Morgan fingerprint density at radius 2 is 2.16 bits per heavy atom. The Bertz CT molecular complexity index is 368. The van der Waals surface area contributed by atoms with Crippen molar-refractivity contribution in [2.75, 3.05) is 6.54 Å². The van der Waals surface area contributed by atoms with Crippen molar-refractivity contribution in [2.24, 2.45) is 5.92 Å². The van der Waals surface area contributed by atoms with E-state index in [-0.39, 0.29) is 0 Å². The number of hydrogen-bond acceptors (Lipinski definition) is 2. The summed E-state index contributed by atoms with van der Waals surface area (Å²) in [5.41, 5.74) is 0. The van der Waals surface area contributed by atoms with Crippen molar-refractivity contribution in [3.8, 4) is 0 Å². The van der Waals surface area contributed by atoms with Crippen LogP contribution in [0.5, 0.6) is 0 Å². The summed E-state index contributed by atoms with van der Waals surface area (Å²) in [5.74, 6) is 0.953. The molecule has 0 spiro atoms. The van der Waals surface area contributed by atoms with E-state index in [0.29, 0.717) is 6.04 Å². The predicted octanol–water partition coefficient (Wildman–Crippen LogP) is 6.18. The molecule has 1 atom stereocenters. The molecule has 0 saturated heterocycles. The molecule has 1 nitrogen and oxygen atoms in total. The van der Waals surface area contributed by atoms with Crippen molar-refractivity contribution in [1.82, 2.24) is 5.32 Å². The molecule has 1 aliphatic rings. The lowest BCUT2D eigenvalue weighted by atomic mass is 9.85. The van der Waals surface area contributed by atoms with E-state index in [0.717, 1.165) is 21.3 Å². The van der Waals surface area contributed by atoms with Gasteiger partial charge in [-0.2, -0.15) is 0 Å². The van der Waals surface area contributed by atoms with E-state index < -0.39 is 0 Å². The molecule has 0 bridgehead atoms. The lowest BCUT2D eigenvalue weighted by molar-refractivity contribution is 0.316. The van der Waals surface area contributed by atoms with Gasteiger partial charge >= 0.3 is 0 Å². The van der Waals surface area contributed by atoms with E-state index in [1.807, 2.05) is 0 Å². The van der Waals surface area contributed by atoms with Gasteiger partial charge in [0.2, 0.25) is 0 Å². The smallest absolute Gasteiger partial charge is 0.0887 e. The molecule has 0 aromatic carbocycles. The summed E-state index contributed by atoms with van der Waals surface area (Å²) >= 11 is 11.5. The summed E-state index contributed by atoms with van der Waals surface area (Å²) in [6, 6.07) is 2.59. The summed E-state index contributed by atoms with van der Waals surface area (Å²) < 4.78 is 1.06. The third-order valence-electron chi connectivity index (χ3n) is 4.05. The van der Waals surface area contributed by atoms with Crippen LogP contribution in [0.25, 0.3) is 0 Å². The van der Waals surface area contributed by atoms with Crippen LogP contribution in [-0.2, 0) is 0 Å². The summed E-state index contributed by atoms with van der Waals surface area (Å²) in [7, 11) is 0. The molecule has 0 amide bonds. The zero-order valence-electron chi connectivity index (χ0n) is 11.6. The van der Waals surface area contributed by atoms with Gasteiger partial charge in [0.05, 0.1) is 8.81 Å². The summed E-state index contributed by atoms with van der Waals surface area (Å²) in [5, 5.41) is 4.46. The number of rotatable bonds is 6. The topological polar surface area (TPSA) is 12.0 Å². The second-order valence-corrected chi connectivity index (χ2v) is 8.27. The molecular formula is C15H23BrClNS. The van der Waals surface area contributed by atoms with E-state index in [2.05, 4.69) is 34.2 Å². The molecule has 1 aromatic rings. The van der Waals surface area contributed by atoms with Crippen LogP contribution in [-0.4, -0.2) is 6.54 Å². The average molecular weight is 365 g/mol. The van der Waals surface area contributed by atoms with Crippen molar-refractivity contribution < 1.29 is 0 Å². The molecule has 1 fully saturated rings. The minimum absolute atomic E-state index is 0.473. The maximum atomic E-state index is 6.16. The van der Waals surface area contributed by atoms with E-state index in [1.54, 1.807) is 11.3 Å². The molecule has 108 valence electrons. The Morgan fingerprint density at radius 1 is 1.42 bits per heavy atom. The Kier molecular flexibility index (Phi) is 6.67. The quantitative estimate of drug-likeness (QED) is 0.636. The fourth-order valence-corrected chi connectivity index (χ4v) is 4.86. The fraction of sp³-hybridized carbons (Fsp3) is 0.733. The van der Waals surface area contributed by atoms with Gasteiger partial charge in [-0.15, -0.1) is 11.3 Å². The first-order chi connectivity index (χ1) is 9.20. The standard InChI is InChI=1S/C15H23BrClNS/c1-2-18-13(14-10-12(17)15(16)19-14)9-8-11-6-4-3-5-7-11/h10-11,13,18H,2-9H2,1H3. The summed E-state index contributed by atoms with van der Waals surface area (Å²) in [4.78, 5) is 1.37. The predicted molar refractivity (Wildman–Crippen MR) is 89.3 cm³/mol. The van der Waals surface area contributed by atoms with Gasteiger partial charge in [-0.1, -0.05) is 50.6 Å². The highest BCUT2D eigenvalue weighted by atomic mass is 79.9. The number of nitrogens with one attached hydrogen (secondary N) is 1. The van der Waals surface area contributed by atoms with Gasteiger partial charge in [0, 0.05) is 10.9 Å². The number of thiophene rings is 1. The molecule has 4 heteroatoms. The molecular weight excluding hydrogens is 342 g/mol. The highest BCUT2D eigenvalue weighted by Gasteiger charge is 2.19. The van der Waals surface area contributed by atoms with Gasteiger partial charge in [0.15, 0.2) is 0 Å². The highest BCUT2D eigenvalue weighted by molar-refractivity contribution is 9.11. The zero-order valence-corrected chi connectivity index (χ0v) is 14.7. The van der Waals surface area contributed by atoms with Crippen LogP contribution >= 0.6 is 38.9 Å².